The lowest BCUT2D eigenvalue weighted by molar-refractivity contribution is 0.615. The lowest BCUT2D eigenvalue weighted by Gasteiger charge is -2.11. The van der Waals surface area contributed by atoms with Crippen molar-refractivity contribution in [1.82, 2.24) is 14.5 Å². The average Bonchev–Trinajstić information content (AvgIpc) is 2.80. The summed E-state index contributed by atoms with van der Waals surface area (Å²) in [5.41, 5.74) is 2.53. The highest BCUT2D eigenvalue weighted by Crippen LogP contribution is 2.29. The number of pyridine rings is 1. The first-order chi connectivity index (χ1) is 9.97. The summed E-state index contributed by atoms with van der Waals surface area (Å²) < 4.78 is 16.7. The first kappa shape index (κ1) is 14.5. The van der Waals surface area contributed by atoms with E-state index in [4.69, 9.17) is 11.6 Å². The second-order valence-corrected chi connectivity index (χ2v) is 6.38. The Hall–Kier alpha value is -1.46. The summed E-state index contributed by atoms with van der Waals surface area (Å²) in [5.74, 6) is 0.223. The Bertz CT molecular complexity index is 829. The molecule has 0 radical (unpaired) electrons. The number of aryl methyl sites for hydroxylation is 1. The minimum absolute atomic E-state index is 0.348. The van der Waals surface area contributed by atoms with Gasteiger partial charge in [0.25, 0.3) is 0 Å². The molecule has 3 rings (SSSR count). The number of hydrogen-bond acceptors (Lipinski definition) is 2. The molecule has 0 amide bonds. The molecule has 108 valence electrons. The van der Waals surface area contributed by atoms with Gasteiger partial charge in [-0.3, -0.25) is 4.57 Å². The maximum Gasteiger partial charge on any atom is 0.165 e. The van der Waals surface area contributed by atoms with Crippen molar-refractivity contribution in [1.29, 1.82) is 0 Å². The van der Waals surface area contributed by atoms with Crippen LogP contribution in [0.2, 0.25) is 0 Å². The third-order valence-electron chi connectivity index (χ3n) is 3.17. The minimum atomic E-state index is -0.363. The molecule has 3 aromatic rings. The highest BCUT2D eigenvalue weighted by molar-refractivity contribution is 9.10. The van der Waals surface area contributed by atoms with Crippen LogP contribution in [0.5, 0.6) is 0 Å². The fraction of sp³-hybridized carbons (Fsp3) is 0.200. The maximum atomic E-state index is 14.3. The lowest BCUT2D eigenvalue weighted by atomic mass is 10.3. The highest BCUT2D eigenvalue weighted by atomic mass is 79.9. The molecule has 1 aromatic carbocycles. The molecule has 1 unspecified atom stereocenters. The Morgan fingerprint density at radius 3 is 2.71 bits per heavy atom. The summed E-state index contributed by atoms with van der Waals surface area (Å²) >= 11 is 9.58. The number of hydrogen-bond donors (Lipinski definition) is 0. The molecule has 0 fully saturated rings. The Labute approximate surface area is 134 Å². The molecule has 0 aliphatic carbocycles. The number of nitrogens with zero attached hydrogens (tertiary/aromatic N) is 3. The van der Waals surface area contributed by atoms with Crippen molar-refractivity contribution in [3.8, 4) is 5.69 Å². The molecular formula is C15H12BrClFN3. The standard InChI is InChI=1S/C15H12BrClFN3/c1-8-3-6-12-15(19-8)21(14(20-12)9(2)17)13-7-10(16)4-5-11(13)18/h3-7,9H,1-2H3. The van der Waals surface area contributed by atoms with Gasteiger partial charge in [-0.1, -0.05) is 15.9 Å². The van der Waals surface area contributed by atoms with Crippen LogP contribution in [0.25, 0.3) is 16.9 Å². The maximum absolute atomic E-state index is 14.3. The Morgan fingerprint density at radius 2 is 2.00 bits per heavy atom. The Morgan fingerprint density at radius 1 is 1.24 bits per heavy atom. The van der Waals surface area contributed by atoms with Crippen LogP contribution in [0.4, 0.5) is 4.39 Å². The molecule has 2 aromatic heterocycles. The summed E-state index contributed by atoms with van der Waals surface area (Å²) in [6, 6.07) is 8.50. The van der Waals surface area contributed by atoms with E-state index < -0.39 is 0 Å². The number of fused-ring (bicyclic) bond motifs is 1. The topological polar surface area (TPSA) is 30.7 Å². The third kappa shape index (κ3) is 2.56. The van der Waals surface area contributed by atoms with E-state index in [0.29, 0.717) is 22.7 Å². The van der Waals surface area contributed by atoms with Gasteiger partial charge in [0.2, 0.25) is 0 Å². The number of rotatable bonds is 2. The second kappa shape index (κ2) is 5.39. The third-order valence-corrected chi connectivity index (χ3v) is 3.86. The van der Waals surface area contributed by atoms with Crippen LogP contribution >= 0.6 is 27.5 Å². The first-order valence-electron chi connectivity index (χ1n) is 6.43. The van der Waals surface area contributed by atoms with Crippen molar-refractivity contribution in [2.75, 3.05) is 0 Å². The molecular weight excluding hydrogens is 357 g/mol. The summed E-state index contributed by atoms with van der Waals surface area (Å²) in [6.45, 7) is 3.69. The predicted octanol–water partition coefficient (Wildman–Crippen LogP) is 4.93. The van der Waals surface area contributed by atoms with Crippen molar-refractivity contribution in [2.45, 2.75) is 19.2 Å². The molecule has 1 atom stereocenters. The largest absolute Gasteiger partial charge is 0.276 e. The van der Waals surface area contributed by atoms with Crippen molar-refractivity contribution < 1.29 is 4.39 Å². The first-order valence-corrected chi connectivity index (χ1v) is 7.66. The molecule has 0 spiro atoms. The smallest absolute Gasteiger partial charge is 0.165 e. The van der Waals surface area contributed by atoms with E-state index in [0.717, 1.165) is 10.2 Å². The number of alkyl halides is 1. The van der Waals surface area contributed by atoms with E-state index in [1.54, 1.807) is 16.7 Å². The monoisotopic (exact) mass is 367 g/mol. The van der Waals surface area contributed by atoms with E-state index in [-0.39, 0.29) is 11.2 Å². The highest BCUT2D eigenvalue weighted by Gasteiger charge is 2.19. The van der Waals surface area contributed by atoms with Gasteiger partial charge in [-0.25, -0.2) is 14.4 Å². The van der Waals surface area contributed by atoms with Gasteiger partial charge in [-0.15, -0.1) is 11.6 Å². The van der Waals surface area contributed by atoms with Crippen molar-refractivity contribution >= 4 is 38.7 Å². The van der Waals surface area contributed by atoms with Crippen LogP contribution in [0.3, 0.4) is 0 Å². The zero-order valence-electron chi connectivity index (χ0n) is 11.4. The average molecular weight is 369 g/mol. The van der Waals surface area contributed by atoms with E-state index in [1.807, 2.05) is 26.0 Å². The normalized spacial score (nSPS) is 12.8. The van der Waals surface area contributed by atoms with Crippen LogP contribution in [0, 0.1) is 12.7 Å². The zero-order valence-corrected chi connectivity index (χ0v) is 13.8. The fourth-order valence-electron chi connectivity index (χ4n) is 2.23. The van der Waals surface area contributed by atoms with Crippen molar-refractivity contribution in [2.24, 2.45) is 0 Å². The summed E-state index contributed by atoms with van der Waals surface area (Å²) in [7, 11) is 0. The summed E-state index contributed by atoms with van der Waals surface area (Å²) in [4.78, 5) is 8.97. The van der Waals surface area contributed by atoms with Crippen LogP contribution in [0.1, 0.15) is 23.8 Å². The van der Waals surface area contributed by atoms with Gasteiger partial charge < -0.3 is 0 Å². The molecule has 0 bridgehead atoms. The molecule has 0 saturated carbocycles. The summed E-state index contributed by atoms with van der Waals surface area (Å²) in [6.07, 6.45) is 0. The van der Waals surface area contributed by atoms with Crippen LogP contribution in [-0.4, -0.2) is 14.5 Å². The van der Waals surface area contributed by atoms with E-state index in [1.165, 1.54) is 6.07 Å². The zero-order chi connectivity index (χ0) is 15.1. The predicted molar refractivity (Wildman–Crippen MR) is 85.5 cm³/mol. The minimum Gasteiger partial charge on any atom is -0.276 e. The fourth-order valence-corrected chi connectivity index (χ4v) is 2.73. The number of aromatic nitrogens is 3. The van der Waals surface area contributed by atoms with Gasteiger partial charge >= 0.3 is 0 Å². The van der Waals surface area contributed by atoms with Crippen LogP contribution < -0.4 is 0 Å². The number of imidazole rings is 1. The Kier molecular flexibility index (Phi) is 3.71. The second-order valence-electron chi connectivity index (χ2n) is 4.81. The van der Waals surface area contributed by atoms with Gasteiger partial charge in [0, 0.05) is 10.2 Å². The quantitative estimate of drug-likeness (QED) is 0.600. The van der Waals surface area contributed by atoms with E-state index in [2.05, 4.69) is 25.9 Å². The van der Waals surface area contributed by atoms with Gasteiger partial charge in [0.1, 0.15) is 17.2 Å². The lowest BCUT2D eigenvalue weighted by Crippen LogP contribution is -2.05. The van der Waals surface area contributed by atoms with Crippen molar-refractivity contribution in [3.05, 3.63) is 52.1 Å². The van der Waals surface area contributed by atoms with Crippen molar-refractivity contribution in [3.63, 3.8) is 0 Å². The van der Waals surface area contributed by atoms with Gasteiger partial charge in [0.05, 0.1) is 11.1 Å². The summed E-state index contributed by atoms with van der Waals surface area (Å²) in [5, 5.41) is -0.363. The van der Waals surface area contributed by atoms with Gasteiger partial charge in [-0.2, -0.15) is 0 Å². The molecule has 0 aliphatic heterocycles. The van der Waals surface area contributed by atoms with Gasteiger partial charge in [-0.05, 0) is 44.2 Å². The molecule has 6 heteroatoms. The van der Waals surface area contributed by atoms with E-state index >= 15 is 0 Å². The molecule has 0 saturated heterocycles. The molecule has 3 nitrogen and oxygen atoms in total. The number of halogens is 3. The molecule has 2 heterocycles. The molecule has 0 N–H and O–H groups in total. The SMILES string of the molecule is Cc1ccc2nc(C(C)Cl)n(-c3cc(Br)ccc3F)c2n1. The molecule has 21 heavy (non-hydrogen) atoms. The molecule has 0 aliphatic rings. The number of benzene rings is 1. The van der Waals surface area contributed by atoms with Crippen LogP contribution in [-0.2, 0) is 0 Å². The Balaban J connectivity index is 2.41. The van der Waals surface area contributed by atoms with Crippen LogP contribution in [0.15, 0.2) is 34.8 Å². The van der Waals surface area contributed by atoms with E-state index in [9.17, 15) is 4.39 Å². The van der Waals surface area contributed by atoms with Gasteiger partial charge in [0.15, 0.2) is 5.65 Å².